The Labute approximate surface area is 131 Å². The first-order valence-electron chi connectivity index (χ1n) is 8.33. The van der Waals surface area contributed by atoms with Gasteiger partial charge in [0.15, 0.2) is 0 Å². The summed E-state index contributed by atoms with van der Waals surface area (Å²) in [4.78, 5) is 14.1. The molecule has 1 fully saturated rings. The van der Waals surface area contributed by atoms with Crippen molar-refractivity contribution >= 4 is 14.2 Å². The summed E-state index contributed by atoms with van der Waals surface area (Å²) >= 11 is 0. The van der Waals surface area contributed by atoms with Crippen molar-refractivity contribution in [3.8, 4) is 0 Å². The molecule has 0 aromatic carbocycles. The van der Waals surface area contributed by atoms with E-state index >= 15 is 0 Å². The molecule has 1 amide bonds. The van der Waals surface area contributed by atoms with E-state index < -0.39 is 8.32 Å². The minimum atomic E-state index is -1.75. The van der Waals surface area contributed by atoms with Gasteiger partial charge in [-0.2, -0.15) is 0 Å². The lowest BCUT2D eigenvalue weighted by Gasteiger charge is -2.35. The standard InChI is InChI=1S/C17H33NO2Si/c1-7-16(19)18-13-10-8-9-11-15(18)12-14-20-21(5,6)17(2,3)4/h12,14-15H,7-11,13H2,1-6H3/b14-12-. The van der Waals surface area contributed by atoms with Gasteiger partial charge in [0.05, 0.1) is 12.3 Å². The first-order valence-corrected chi connectivity index (χ1v) is 11.2. The van der Waals surface area contributed by atoms with Crippen LogP contribution in [0, 0.1) is 0 Å². The summed E-state index contributed by atoms with van der Waals surface area (Å²) in [5, 5.41) is 0.208. The molecular weight excluding hydrogens is 278 g/mol. The molecule has 3 nitrogen and oxygen atoms in total. The average molecular weight is 312 g/mol. The number of carbonyl (C=O) groups excluding carboxylic acids is 1. The third-order valence-corrected chi connectivity index (χ3v) is 9.23. The molecule has 0 N–H and O–H groups in total. The van der Waals surface area contributed by atoms with Gasteiger partial charge in [0.25, 0.3) is 0 Å². The van der Waals surface area contributed by atoms with Crippen LogP contribution in [0.4, 0.5) is 0 Å². The van der Waals surface area contributed by atoms with E-state index in [0.29, 0.717) is 6.42 Å². The molecule has 1 atom stereocenters. The highest BCUT2D eigenvalue weighted by atomic mass is 28.4. The van der Waals surface area contributed by atoms with Crippen LogP contribution in [0.5, 0.6) is 0 Å². The molecule has 0 radical (unpaired) electrons. The van der Waals surface area contributed by atoms with Crippen LogP contribution in [0.25, 0.3) is 0 Å². The number of rotatable bonds is 4. The van der Waals surface area contributed by atoms with Crippen LogP contribution in [0.1, 0.15) is 59.8 Å². The molecule has 122 valence electrons. The van der Waals surface area contributed by atoms with Crippen LogP contribution in [-0.2, 0) is 9.22 Å². The Morgan fingerprint density at radius 2 is 1.95 bits per heavy atom. The van der Waals surface area contributed by atoms with Gasteiger partial charge in [0.1, 0.15) is 0 Å². The second-order valence-corrected chi connectivity index (χ2v) is 12.3. The Morgan fingerprint density at radius 3 is 2.52 bits per heavy atom. The van der Waals surface area contributed by atoms with E-state index in [-0.39, 0.29) is 17.0 Å². The van der Waals surface area contributed by atoms with Crippen LogP contribution in [0.3, 0.4) is 0 Å². The van der Waals surface area contributed by atoms with E-state index in [4.69, 9.17) is 4.43 Å². The van der Waals surface area contributed by atoms with E-state index in [1.54, 1.807) is 0 Å². The van der Waals surface area contributed by atoms with Gasteiger partial charge in [0.2, 0.25) is 14.2 Å². The van der Waals surface area contributed by atoms with E-state index in [0.717, 1.165) is 19.4 Å². The summed E-state index contributed by atoms with van der Waals surface area (Å²) in [5.41, 5.74) is 0. The van der Waals surface area contributed by atoms with Gasteiger partial charge in [-0.3, -0.25) is 4.79 Å². The highest BCUT2D eigenvalue weighted by Gasteiger charge is 2.38. The van der Waals surface area contributed by atoms with E-state index in [2.05, 4.69) is 39.9 Å². The molecule has 1 saturated heterocycles. The van der Waals surface area contributed by atoms with Gasteiger partial charge in [-0.25, -0.2) is 0 Å². The number of amides is 1. The normalized spacial score (nSPS) is 21.4. The second-order valence-electron chi connectivity index (χ2n) is 7.56. The van der Waals surface area contributed by atoms with Gasteiger partial charge in [-0.05, 0) is 37.0 Å². The number of carbonyl (C=O) groups is 1. The molecule has 0 aromatic rings. The van der Waals surface area contributed by atoms with E-state index in [9.17, 15) is 4.79 Å². The topological polar surface area (TPSA) is 29.5 Å². The Balaban J connectivity index is 2.72. The average Bonchev–Trinajstić information content (AvgIpc) is 2.62. The fraction of sp³-hybridized carbons (Fsp3) is 0.824. The maximum absolute atomic E-state index is 12.1. The predicted octanol–water partition coefficient (Wildman–Crippen LogP) is 4.70. The summed E-state index contributed by atoms with van der Waals surface area (Å²) in [7, 11) is -1.75. The van der Waals surface area contributed by atoms with E-state index in [1.165, 1.54) is 12.8 Å². The van der Waals surface area contributed by atoms with Crippen LogP contribution in [0.2, 0.25) is 18.1 Å². The third-order valence-electron chi connectivity index (χ3n) is 4.89. The Kier molecular flexibility index (Phi) is 6.51. The zero-order valence-electron chi connectivity index (χ0n) is 14.7. The van der Waals surface area contributed by atoms with E-state index in [1.807, 2.05) is 18.1 Å². The van der Waals surface area contributed by atoms with Crippen LogP contribution < -0.4 is 0 Å². The molecule has 21 heavy (non-hydrogen) atoms. The minimum Gasteiger partial charge on any atom is -0.549 e. The van der Waals surface area contributed by atoms with Crippen molar-refractivity contribution in [1.29, 1.82) is 0 Å². The fourth-order valence-electron chi connectivity index (χ4n) is 2.32. The van der Waals surface area contributed by atoms with Gasteiger partial charge in [0, 0.05) is 13.0 Å². The third kappa shape index (κ3) is 5.17. The summed E-state index contributed by atoms with van der Waals surface area (Å²) in [6.07, 6.45) is 9.18. The maximum atomic E-state index is 12.1. The maximum Gasteiger partial charge on any atom is 0.249 e. The highest BCUT2D eigenvalue weighted by molar-refractivity contribution is 6.74. The number of likely N-dealkylation sites (tertiary alicyclic amines) is 1. The summed E-state index contributed by atoms with van der Waals surface area (Å²) in [5.74, 6) is 0.263. The minimum absolute atomic E-state index is 0.208. The predicted molar refractivity (Wildman–Crippen MR) is 91.7 cm³/mol. The van der Waals surface area contributed by atoms with Crippen molar-refractivity contribution in [2.24, 2.45) is 0 Å². The smallest absolute Gasteiger partial charge is 0.249 e. The van der Waals surface area contributed by atoms with Crippen molar-refractivity contribution in [1.82, 2.24) is 4.90 Å². The first kappa shape index (κ1) is 18.3. The monoisotopic (exact) mass is 311 g/mol. The lowest BCUT2D eigenvalue weighted by Crippen LogP contribution is -2.40. The van der Waals surface area contributed by atoms with Crippen molar-refractivity contribution in [3.63, 3.8) is 0 Å². The number of nitrogens with zero attached hydrogens (tertiary/aromatic N) is 1. The molecule has 1 aliphatic heterocycles. The largest absolute Gasteiger partial charge is 0.549 e. The number of hydrogen-bond donors (Lipinski definition) is 0. The van der Waals surface area contributed by atoms with Crippen LogP contribution >= 0.6 is 0 Å². The molecule has 0 aromatic heterocycles. The van der Waals surface area contributed by atoms with Crippen LogP contribution in [-0.4, -0.2) is 31.7 Å². The van der Waals surface area contributed by atoms with Crippen molar-refractivity contribution in [2.75, 3.05) is 6.54 Å². The lowest BCUT2D eigenvalue weighted by atomic mass is 10.1. The summed E-state index contributed by atoms with van der Waals surface area (Å²) in [6.45, 7) is 14.1. The zero-order chi connectivity index (χ0) is 16.1. The van der Waals surface area contributed by atoms with Crippen LogP contribution in [0.15, 0.2) is 12.3 Å². The number of hydrogen-bond acceptors (Lipinski definition) is 2. The first-order chi connectivity index (χ1) is 9.69. The molecule has 1 heterocycles. The Bertz CT molecular complexity index is 371. The van der Waals surface area contributed by atoms with Gasteiger partial charge >= 0.3 is 0 Å². The van der Waals surface area contributed by atoms with Crippen molar-refractivity contribution < 1.29 is 9.22 Å². The molecule has 0 aliphatic carbocycles. The summed E-state index contributed by atoms with van der Waals surface area (Å²) in [6, 6.07) is 0.213. The molecule has 4 heteroatoms. The summed E-state index contributed by atoms with van der Waals surface area (Å²) < 4.78 is 6.12. The van der Waals surface area contributed by atoms with Crippen molar-refractivity contribution in [2.45, 2.75) is 84.0 Å². The SMILES string of the molecule is CCC(=O)N1CCCCCC1/C=C\O[Si](C)(C)C(C)(C)C. The van der Waals surface area contributed by atoms with Gasteiger partial charge in [-0.1, -0.05) is 40.5 Å². The fourth-order valence-corrected chi connectivity index (χ4v) is 3.10. The molecule has 1 aliphatic rings. The molecule has 0 saturated carbocycles. The Morgan fingerprint density at radius 1 is 1.29 bits per heavy atom. The van der Waals surface area contributed by atoms with Gasteiger partial charge in [-0.15, -0.1) is 0 Å². The molecule has 1 unspecified atom stereocenters. The molecule has 0 bridgehead atoms. The van der Waals surface area contributed by atoms with Crippen molar-refractivity contribution in [3.05, 3.63) is 12.3 Å². The molecule has 0 spiro atoms. The van der Waals surface area contributed by atoms with Gasteiger partial charge < -0.3 is 9.33 Å². The quantitative estimate of drug-likeness (QED) is 0.556. The highest BCUT2D eigenvalue weighted by Crippen LogP contribution is 2.36. The second kappa shape index (κ2) is 7.48. The molecule has 1 rings (SSSR count). The zero-order valence-corrected chi connectivity index (χ0v) is 15.7. The molecular formula is C17H33NO2Si. The lowest BCUT2D eigenvalue weighted by molar-refractivity contribution is -0.132. The Hall–Kier alpha value is -0.773.